The summed E-state index contributed by atoms with van der Waals surface area (Å²) < 4.78 is 11.1. The molecule has 23 heavy (non-hydrogen) atoms. The van der Waals surface area contributed by atoms with E-state index in [-0.39, 0.29) is 17.8 Å². The quantitative estimate of drug-likeness (QED) is 0.609. The molecule has 0 saturated heterocycles. The third-order valence-corrected chi connectivity index (χ3v) is 4.74. The lowest BCUT2D eigenvalue weighted by molar-refractivity contribution is -0.147. The van der Waals surface area contributed by atoms with Crippen LogP contribution in [-0.2, 0) is 9.53 Å². The minimum atomic E-state index is -0.211. The molecule has 1 aromatic heterocycles. The Labute approximate surface area is 139 Å². The van der Waals surface area contributed by atoms with Crippen molar-refractivity contribution in [1.82, 2.24) is 10.2 Å². The number of aryl methyl sites for hydroxylation is 1. The highest BCUT2D eigenvalue weighted by molar-refractivity contribution is 7.99. The van der Waals surface area contributed by atoms with E-state index >= 15 is 0 Å². The second kappa shape index (κ2) is 7.64. The summed E-state index contributed by atoms with van der Waals surface area (Å²) in [4.78, 5) is 11.9. The van der Waals surface area contributed by atoms with E-state index in [1.54, 1.807) is 0 Å². The maximum absolute atomic E-state index is 11.9. The second-order valence-corrected chi connectivity index (χ2v) is 6.65. The number of thioether (sulfide) groups is 1. The molecule has 0 atom stereocenters. The van der Waals surface area contributed by atoms with Gasteiger partial charge < -0.3 is 9.15 Å². The number of ether oxygens (including phenoxy) is 1. The molecule has 0 spiro atoms. The van der Waals surface area contributed by atoms with Gasteiger partial charge in [0.15, 0.2) is 0 Å². The molecule has 0 aliphatic heterocycles. The Hall–Kier alpha value is -1.82. The predicted octanol–water partition coefficient (Wildman–Crippen LogP) is 4.01. The van der Waals surface area contributed by atoms with Crippen LogP contribution in [0.5, 0.6) is 0 Å². The number of aromatic nitrogens is 2. The van der Waals surface area contributed by atoms with E-state index in [0.717, 1.165) is 36.8 Å². The maximum Gasteiger partial charge on any atom is 0.316 e. The van der Waals surface area contributed by atoms with E-state index in [0.29, 0.717) is 11.1 Å². The SMILES string of the molecule is Cc1ccccc1-c1nnc(SCC(=O)OC2CCCCC2)o1. The first-order valence-corrected chi connectivity index (χ1v) is 8.93. The molecule has 0 bridgehead atoms. The van der Waals surface area contributed by atoms with Gasteiger partial charge in [0.2, 0.25) is 5.89 Å². The second-order valence-electron chi connectivity index (χ2n) is 5.73. The molecule has 1 saturated carbocycles. The van der Waals surface area contributed by atoms with E-state index in [1.807, 2.05) is 31.2 Å². The van der Waals surface area contributed by atoms with Crippen molar-refractivity contribution in [3.63, 3.8) is 0 Å². The summed E-state index contributed by atoms with van der Waals surface area (Å²) in [5.41, 5.74) is 1.99. The highest BCUT2D eigenvalue weighted by Gasteiger charge is 2.19. The van der Waals surface area contributed by atoms with Crippen molar-refractivity contribution in [3.8, 4) is 11.5 Å². The lowest BCUT2D eigenvalue weighted by atomic mass is 9.98. The number of esters is 1. The molecule has 6 heteroatoms. The molecule has 5 nitrogen and oxygen atoms in total. The number of rotatable bonds is 5. The molecule has 0 radical (unpaired) electrons. The molecular formula is C17H20N2O3S. The summed E-state index contributed by atoms with van der Waals surface area (Å²) in [5, 5.41) is 8.43. The zero-order chi connectivity index (χ0) is 16.1. The molecule has 2 aromatic rings. The van der Waals surface area contributed by atoms with E-state index < -0.39 is 0 Å². The van der Waals surface area contributed by atoms with Crippen LogP contribution in [0.25, 0.3) is 11.5 Å². The Balaban J connectivity index is 1.53. The Morgan fingerprint density at radius 3 is 2.83 bits per heavy atom. The number of carbonyl (C=O) groups is 1. The summed E-state index contributed by atoms with van der Waals surface area (Å²) in [5.74, 6) is 0.468. The van der Waals surface area contributed by atoms with E-state index in [2.05, 4.69) is 10.2 Å². The van der Waals surface area contributed by atoms with Crippen LogP contribution in [0.2, 0.25) is 0 Å². The maximum atomic E-state index is 11.9. The minimum absolute atomic E-state index is 0.0852. The highest BCUT2D eigenvalue weighted by atomic mass is 32.2. The Morgan fingerprint density at radius 2 is 2.04 bits per heavy atom. The van der Waals surface area contributed by atoms with Crippen molar-refractivity contribution in [1.29, 1.82) is 0 Å². The van der Waals surface area contributed by atoms with E-state index in [9.17, 15) is 4.79 Å². The van der Waals surface area contributed by atoms with Crippen molar-refractivity contribution in [2.24, 2.45) is 0 Å². The summed E-state index contributed by atoms with van der Waals surface area (Å²) in [6.07, 6.45) is 5.58. The van der Waals surface area contributed by atoms with Crippen molar-refractivity contribution < 1.29 is 13.9 Å². The molecule has 3 rings (SSSR count). The van der Waals surface area contributed by atoms with Gasteiger partial charge in [-0.15, -0.1) is 10.2 Å². The monoisotopic (exact) mass is 332 g/mol. The summed E-state index contributed by atoms with van der Waals surface area (Å²) in [6.45, 7) is 1.99. The van der Waals surface area contributed by atoms with Gasteiger partial charge in [-0.05, 0) is 44.2 Å². The van der Waals surface area contributed by atoms with Gasteiger partial charge in [-0.25, -0.2) is 0 Å². The molecule has 0 unspecified atom stereocenters. The van der Waals surface area contributed by atoms with Crippen LogP contribution < -0.4 is 0 Å². The van der Waals surface area contributed by atoms with Crippen LogP contribution >= 0.6 is 11.8 Å². The molecule has 1 aliphatic carbocycles. The van der Waals surface area contributed by atoms with Crippen molar-refractivity contribution >= 4 is 17.7 Å². The lowest BCUT2D eigenvalue weighted by Crippen LogP contribution is -2.21. The fourth-order valence-corrected chi connectivity index (χ4v) is 3.26. The van der Waals surface area contributed by atoms with Gasteiger partial charge in [-0.1, -0.05) is 36.4 Å². The summed E-state index contributed by atoms with van der Waals surface area (Å²) in [6, 6.07) is 7.83. The van der Waals surface area contributed by atoms with Crippen LogP contribution in [0.3, 0.4) is 0 Å². The van der Waals surface area contributed by atoms with Gasteiger partial charge in [0.1, 0.15) is 11.9 Å². The van der Waals surface area contributed by atoms with Gasteiger partial charge in [-0.3, -0.25) is 4.79 Å². The predicted molar refractivity (Wildman–Crippen MR) is 88.2 cm³/mol. The Morgan fingerprint density at radius 1 is 1.26 bits per heavy atom. The van der Waals surface area contributed by atoms with Crippen molar-refractivity contribution in [2.75, 3.05) is 5.75 Å². The van der Waals surface area contributed by atoms with Gasteiger partial charge in [0.05, 0.1) is 0 Å². The van der Waals surface area contributed by atoms with E-state index in [4.69, 9.17) is 9.15 Å². The number of carbonyl (C=O) groups excluding carboxylic acids is 1. The normalized spacial score (nSPS) is 15.5. The first kappa shape index (κ1) is 16.1. The first-order chi connectivity index (χ1) is 11.2. The molecule has 1 aliphatic rings. The molecule has 0 amide bonds. The number of nitrogens with zero attached hydrogens (tertiary/aromatic N) is 2. The Bertz CT molecular complexity index is 665. The largest absolute Gasteiger partial charge is 0.462 e. The van der Waals surface area contributed by atoms with Crippen LogP contribution in [0.15, 0.2) is 33.9 Å². The topological polar surface area (TPSA) is 65.2 Å². The number of benzene rings is 1. The zero-order valence-corrected chi connectivity index (χ0v) is 14.0. The summed E-state index contributed by atoms with van der Waals surface area (Å²) in [7, 11) is 0. The average Bonchev–Trinajstić information content (AvgIpc) is 3.03. The van der Waals surface area contributed by atoms with Crippen LogP contribution in [0.1, 0.15) is 37.7 Å². The van der Waals surface area contributed by atoms with Crippen LogP contribution in [0.4, 0.5) is 0 Å². The number of hydrogen-bond donors (Lipinski definition) is 0. The third kappa shape index (κ3) is 4.34. The first-order valence-electron chi connectivity index (χ1n) is 7.94. The Kier molecular flexibility index (Phi) is 5.33. The smallest absolute Gasteiger partial charge is 0.316 e. The zero-order valence-electron chi connectivity index (χ0n) is 13.2. The lowest BCUT2D eigenvalue weighted by Gasteiger charge is -2.21. The molecule has 1 fully saturated rings. The fraction of sp³-hybridized carbons (Fsp3) is 0.471. The van der Waals surface area contributed by atoms with Crippen molar-refractivity contribution in [3.05, 3.63) is 29.8 Å². The number of hydrogen-bond acceptors (Lipinski definition) is 6. The minimum Gasteiger partial charge on any atom is -0.462 e. The molecular weight excluding hydrogens is 312 g/mol. The van der Waals surface area contributed by atoms with Crippen LogP contribution in [-0.4, -0.2) is 28.0 Å². The molecule has 122 valence electrons. The average molecular weight is 332 g/mol. The molecule has 1 heterocycles. The fourth-order valence-electron chi connectivity index (χ4n) is 2.71. The molecule has 1 aromatic carbocycles. The molecule has 0 N–H and O–H groups in total. The third-order valence-electron chi connectivity index (χ3n) is 3.95. The summed E-state index contributed by atoms with van der Waals surface area (Å²) >= 11 is 1.22. The van der Waals surface area contributed by atoms with Crippen molar-refractivity contribution in [2.45, 2.75) is 50.4 Å². The van der Waals surface area contributed by atoms with Gasteiger partial charge in [-0.2, -0.15) is 0 Å². The van der Waals surface area contributed by atoms with Crippen LogP contribution in [0, 0.1) is 6.92 Å². The standard InChI is InChI=1S/C17H20N2O3S/c1-12-7-5-6-10-14(12)16-18-19-17(22-16)23-11-15(20)21-13-8-3-2-4-9-13/h5-7,10,13H,2-4,8-9,11H2,1H3. The van der Waals surface area contributed by atoms with E-state index in [1.165, 1.54) is 18.2 Å². The van der Waals surface area contributed by atoms with Gasteiger partial charge in [0.25, 0.3) is 5.22 Å². The van der Waals surface area contributed by atoms with Gasteiger partial charge in [0, 0.05) is 5.56 Å². The van der Waals surface area contributed by atoms with Gasteiger partial charge >= 0.3 is 5.97 Å². The highest BCUT2D eigenvalue weighted by Crippen LogP contribution is 2.26.